The summed E-state index contributed by atoms with van der Waals surface area (Å²) in [6.45, 7) is 4.75. The Morgan fingerprint density at radius 1 is 1.35 bits per heavy atom. The van der Waals surface area contributed by atoms with Gasteiger partial charge in [0.2, 0.25) is 0 Å². The van der Waals surface area contributed by atoms with Crippen molar-refractivity contribution >= 4 is 11.6 Å². The Labute approximate surface area is 101 Å². The SMILES string of the molecule is CC(C)C1(O)CN(C(=O)c2ccc(N)cc2)C1. The zero-order valence-electron chi connectivity index (χ0n) is 10.2. The number of amides is 1. The first-order valence-corrected chi connectivity index (χ1v) is 5.79. The zero-order chi connectivity index (χ0) is 12.6. The molecule has 1 aliphatic rings. The minimum atomic E-state index is -0.719. The van der Waals surface area contributed by atoms with Crippen LogP contribution >= 0.6 is 0 Å². The molecule has 4 heteroatoms. The van der Waals surface area contributed by atoms with Gasteiger partial charge in [0.1, 0.15) is 5.60 Å². The molecule has 1 amide bonds. The molecule has 0 saturated carbocycles. The number of nitrogens with zero attached hydrogens (tertiary/aromatic N) is 1. The summed E-state index contributed by atoms with van der Waals surface area (Å²) < 4.78 is 0. The summed E-state index contributed by atoms with van der Waals surface area (Å²) in [5.74, 6) is 0.119. The molecule has 1 aromatic rings. The predicted octanol–water partition coefficient (Wildman–Crippen LogP) is 1.11. The molecule has 0 aliphatic carbocycles. The highest BCUT2D eigenvalue weighted by Crippen LogP contribution is 2.29. The van der Waals surface area contributed by atoms with Crippen molar-refractivity contribution in [2.45, 2.75) is 19.4 Å². The highest BCUT2D eigenvalue weighted by molar-refractivity contribution is 5.95. The summed E-state index contributed by atoms with van der Waals surface area (Å²) in [6, 6.07) is 6.85. The lowest BCUT2D eigenvalue weighted by Crippen LogP contribution is -2.65. The molecule has 3 N–H and O–H groups in total. The average Bonchev–Trinajstić information content (AvgIpc) is 2.24. The normalized spacial score (nSPS) is 18.0. The van der Waals surface area contributed by atoms with Crippen LogP contribution in [-0.4, -0.2) is 34.6 Å². The number of anilines is 1. The van der Waals surface area contributed by atoms with Crippen LogP contribution < -0.4 is 5.73 Å². The van der Waals surface area contributed by atoms with Gasteiger partial charge in [-0.25, -0.2) is 0 Å². The van der Waals surface area contributed by atoms with E-state index in [1.54, 1.807) is 29.2 Å². The number of carbonyl (C=O) groups is 1. The van der Waals surface area contributed by atoms with E-state index in [9.17, 15) is 9.90 Å². The van der Waals surface area contributed by atoms with E-state index < -0.39 is 5.60 Å². The van der Waals surface area contributed by atoms with Gasteiger partial charge in [0.25, 0.3) is 5.91 Å². The van der Waals surface area contributed by atoms with Crippen LogP contribution in [0.5, 0.6) is 0 Å². The summed E-state index contributed by atoms with van der Waals surface area (Å²) in [5, 5.41) is 10.1. The molecule has 17 heavy (non-hydrogen) atoms. The molecule has 0 atom stereocenters. The first kappa shape index (κ1) is 11.9. The van der Waals surface area contributed by atoms with Crippen LogP contribution in [0.4, 0.5) is 5.69 Å². The topological polar surface area (TPSA) is 66.6 Å². The smallest absolute Gasteiger partial charge is 0.254 e. The number of nitrogen functional groups attached to an aromatic ring is 1. The molecule has 1 fully saturated rings. The van der Waals surface area contributed by atoms with E-state index in [0.29, 0.717) is 24.3 Å². The van der Waals surface area contributed by atoms with Gasteiger partial charge in [-0.3, -0.25) is 4.79 Å². The van der Waals surface area contributed by atoms with Crippen molar-refractivity contribution in [3.05, 3.63) is 29.8 Å². The van der Waals surface area contributed by atoms with Gasteiger partial charge in [0.05, 0.1) is 13.1 Å². The quantitative estimate of drug-likeness (QED) is 0.753. The van der Waals surface area contributed by atoms with E-state index >= 15 is 0 Å². The molecule has 4 nitrogen and oxygen atoms in total. The van der Waals surface area contributed by atoms with E-state index in [4.69, 9.17) is 5.73 Å². The van der Waals surface area contributed by atoms with Crippen LogP contribution in [0, 0.1) is 5.92 Å². The monoisotopic (exact) mass is 234 g/mol. The lowest BCUT2D eigenvalue weighted by Gasteiger charge is -2.49. The molecule has 0 radical (unpaired) electrons. The number of rotatable bonds is 2. The van der Waals surface area contributed by atoms with Crippen molar-refractivity contribution in [3.8, 4) is 0 Å². The maximum atomic E-state index is 12.0. The number of carbonyl (C=O) groups excluding carboxylic acids is 1. The van der Waals surface area contributed by atoms with E-state index in [2.05, 4.69) is 0 Å². The molecule has 1 aromatic carbocycles. The third-order valence-electron chi connectivity index (χ3n) is 3.45. The van der Waals surface area contributed by atoms with Gasteiger partial charge in [-0.2, -0.15) is 0 Å². The Hall–Kier alpha value is -1.55. The van der Waals surface area contributed by atoms with E-state index in [1.165, 1.54) is 0 Å². The molecule has 92 valence electrons. The third-order valence-corrected chi connectivity index (χ3v) is 3.45. The minimum Gasteiger partial charge on any atom is -0.399 e. The highest BCUT2D eigenvalue weighted by Gasteiger charge is 2.45. The Kier molecular flexibility index (Phi) is 2.83. The molecule has 2 rings (SSSR count). The Morgan fingerprint density at radius 2 is 1.88 bits per heavy atom. The second kappa shape index (κ2) is 4.04. The summed E-state index contributed by atoms with van der Waals surface area (Å²) in [7, 11) is 0. The largest absolute Gasteiger partial charge is 0.399 e. The zero-order valence-corrected chi connectivity index (χ0v) is 10.2. The second-order valence-electron chi connectivity index (χ2n) is 5.04. The van der Waals surface area contributed by atoms with Crippen molar-refractivity contribution in [1.29, 1.82) is 0 Å². The molecule has 0 unspecified atom stereocenters. The first-order valence-electron chi connectivity index (χ1n) is 5.79. The van der Waals surface area contributed by atoms with E-state index in [0.717, 1.165) is 0 Å². The molecule has 0 spiro atoms. The third kappa shape index (κ3) is 2.13. The van der Waals surface area contributed by atoms with Crippen molar-refractivity contribution in [2.24, 2.45) is 5.92 Å². The standard InChI is InChI=1S/C13H18N2O2/c1-9(2)13(17)7-15(8-13)12(16)10-3-5-11(14)6-4-10/h3-6,9,17H,7-8,14H2,1-2H3. The fraction of sp³-hybridized carbons (Fsp3) is 0.462. The van der Waals surface area contributed by atoms with Crippen LogP contribution in [0.2, 0.25) is 0 Å². The maximum Gasteiger partial charge on any atom is 0.254 e. The molecular formula is C13H18N2O2. The minimum absolute atomic E-state index is 0.0460. The van der Waals surface area contributed by atoms with E-state index in [1.807, 2.05) is 13.8 Å². The van der Waals surface area contributed by atoms with Gasteiger partial charge in [-0.15, -0.1) is 0 Å². The van der Waals surface area contributed by atoms with Crippen LogP contribution in [0.25, 0.3) is 0 Å². The van der Waals surface area contributed by atoms with Gasteiger partial charge in [-0.1, -0.05) is 13.8 Å². The first-order chi connectivity index (χ1) is 7.92. The number of hydrogen-bond donors (Lipinski definition) is 2. The maximum absolute atomic E-state index is 12.0. The van der Waals surface area contributed by atoms with Crippen molar-refractivity contribution in [1.82, 2.24) is 4.90 Å². The highest BCUT2D eigenvalue weighted by atomic mass is 16.3. The number of likely N-dealkylation sites (tertiary alicyclic amines) is 1. The van der Waals surface area contributed by atoms with Crippen molar-refractivity contribution < 1.29 is 9.90 Å². The van der Waals surface area contributed by atoms with Crippen LogP contribution in [0.3, 0.4) is 0 Å². The fourth-order valence-corrected chi connectivity index (χ4v) is 1.93. The Balaban J connectivity index is 2.02. The summed E-state index contributed by atoms with van der Waals surface area (Å²) >= 11 is 0. The van der Waals surface area contributed by atoms with Crippen LogP contribution in [0.1, 0.15) is 24.2 Å². The van der Waals surface area contributed by atoms with Crippen molar-refractivity contribution in [2.75, 3.05) is 18.8 Å². The van der Waals surface area contributed by atoms with Crippen molar-refractivity contribution in [3.63, 3.8) is 0 Å². The number of hydrogen-bond acceptors (Lipinski definition) is 3. The summed E-state index contributed by atoms with van der Waals surface area (Å²) in [5.41, 5.74) is 6.11. The molecule has 0 aromatic heterocycles. The lowest BCUT2D eigenvalue weighted by molar-refractivity contribution is -0.110. The molecule has 0 bridgehead atoms. The lowest BCUT2D eigenvalue weighted by atomic mass is 9.82. The molecular weight excluding hydrogens is 216 g/mol. The Bertz CT molecular complexity index is 420. The number of nitrogens with two attached hydrogens (primary N) is 1. The average molecular weight is 234 g/mol. The van der Waals surface area contributed by atoms with Crippen LogP contribution in [-0.2, 0) is 0 Å². The Morgan fingerprint density at radius 3 is 2.35 bits per heavy atom. The van der Waals surface area contributed by atoms with Gasteiger partial charge in [0.15, 0.2) is 0 Å². The molecule has 1 heterocycles. The number of β-amino-alcohol motifs (C(OH)–C–C–N with tert-alkyl or cyclic N) is 1. The van der Waals surface area contributed by atoms with E-state index in [-0.39, 0.29) is 11.8 Å². The second-order valence-corrected chi connectivity index (χ2v) is 5.04. The summed E-state index contributed by atoms with van der Waals surface area (Å²) in [6.07, 6.45) is 0. The van der Waals surface area contributed by atoms with Gasteiger partial charge < -0.3 is 15.7 Å². The summed E-state index contributed by atoms with van der Waals surface area (Å²) in [4.78, 5) is 13.7. The van der Waals surface area contributed by atoms with Gasteiger partial charge >= 0.3 is 0 Å². The van der Waals surface area contributed by atoms with Gasteiger partial charge in [-0.05, 0) is 30.2 Å². The molecule has 1 saturated heterocycles. The molecule has 1 aliphatic heterocycles. The number of aliphatic hydroxyl groups is 1. The predicted molar refractivity (Wildman–Crippen MR) is 66.5 cm³/mol. The number of benzene rings is 1. The van der Waals surface area contributed by atoms with Crippen LogP contribution in [0.15, 0.2) is 24.3 Å². The fourth-order valence-electron chi connectivity index (χ4n) is 1.93. The van der Waals surface area contributed by atoms with Gasteiger partial charge in [0, 0.05) is 11.3 Å².